The van der Waals surface area contributed by atoms with Crippen LogP contribution < -0.4 is 5.32 Å². The van der Waals surface area contributed by atoms with Gasteiger partial charge >= 0.3 is 6.03 Å². The number of oxazole rings is 1. The van der Waals surface area contributed by atoms with Crippen molar-refractivity contribution in [3.63, 3.8) is 0 Å². The number of nitrogens with one attached hydrogen (secondary N) is 1. The van der Waals surface area contributed by atoms with E-state index in [9.17, 15) is 9.90 Å². The normalized spacial score (nSPS) is 16.6. The molecule has 1 fully saturated rings. The van der Waals surface area contributed by atoms with Crippen LogP contribution in [0.3, 0.4) is 0 Å². The molecule has 0 radical (unpaired) electrons. The second kappa shape index (κ2) is 8.10. The van der Waals surface area contributed by atoms with Crippen LogP contribution in [0.2, 0.25) is 0 Å². The van der Waals surface area contributed by atoms with E-state index in [4.69, 9.17) is 4.42 Å². The number of likely N-dealkylation sites (tertiary alicyclic amines) is 1. The number of aliphatic hydroxyl groups is 1. The Bertz CT molecular complexity index is 852. The summed E-state index contributed by atoms with van der Waals surface area (Å²) in [7, 11) is 0. The number of benzene rings is 1. The van der Waals surface area contributed by atoms with Gasteiger partial charge in [-0.05, 0) is 42.3 Å². The largest absolute Gasteiger partial charge is 0.441 e. The first-order chi connectivity index (χ1) is 13.2. The van der Waals surface area contributed by atoms with Crippen molar-refractivity contribution in [2.45, 2.75) is 25.4 Å². The zero-order chi connectivity index (χ0) is 18.6. The molecule has 1 aliphatic rings. The van der Waals surface area contributed by atoms with E-state index < -0.39 is 6.10 Å². The maximum atomic E-state index is 12.4. The van der Waals surface area contributed by atoms with E-state index in [1.165, 1.54) is 0 Å². The second-order valence-electron chi connectivity index (χ2n) is 6.84. The Kier molecular flexibility index (Phi) is 5.40. The van der Waals surface area contributed by atoms with Gasteiger partial charge in [-0.3, -0.25) is 0 Å². The predicted octanol–water partition coefficient (Wildman–Crippen LogP) is 3.59. The standard InChI is InChI=1S/C20H23N3O3S/c24-19(17-6-3-13-27-17)14-8-11-23(12-9-14)20(25)21-10-7-18-22-15-4-1-2-5-16(15)26-18/h1-6,13-14,19,24H,7-12H2,(H,21,25)/t19-/m1/s1. The van der Waals surface area contributed by atoms with Crippen LogP contribution in [-0.2, 0) is 6.42 Å². The molecule has 3 heterocycles. The minimum atomic E-state index is -0.422. The molecule has 7 heteroatoms. The topological polar surface area (TPSA) is 78.6 Å². The van der Waals surface area contributed by atoms with Gasteiger partial charge in [-0.2, -0.15) is 0 Å². The van der Waals surface area contributed by atoms with Crippen LogP contribution in [0.4, 0.5) is 4.79 Å². The smallest absolute Gasteiger partial charge is 0.317 e. The Hall–Kier alpha value is -2.38. The van der Waals surface area contributed by atoms with E-state index in [-0.39, 0.29) is 11.9 Å². The number of amides is 2. The van der Waals surface area contributed by atoms with E-state index in [2.05, 4.69) is 10.3 Å². The SMILES string of the molecule is O=C(NCCc1nc2ccccc2o1)N1CCC([C@@H](O)c2cccs2)CC1. The average molecular weight is 385 g/mol. The van der Waals surface area contributed by atoms with E-state index in [1.807, 2.05) is 46.7 Å². The molecule has 0 aliphatic carbocycles. The van der Waals surface area contributed by atoms with Crippen molar-refractivity contribution in [2.24, 2.45) is 5.92 Å². The summed E-state index contributed by atoms with van der Waals surface area (Å²) < 4.78 is 5.67. The van der Waals surface area contributed by atoms with E-state index in [0.717, 1.165) is 28.8 Å². The molecule has 6 nitrogen and oxygen atoms in total. The third-order valence-corrected chi connectivity index (χ3v) is 6.00. The Labute approximate surface area is 161 Å². The Morgan fingerprint density at radius 1 is 1.30 bits per heavy atom. The fourth-order valence-corrected chi connectivity index (χ4v) is 4.33. The molecule has 142 valence electrons. The van der Waals surface area contributed by atoms with Crippen LogP contribution >= 0.6 is 11.3 Å². The molecule has 0 spiro atoms. The van der Waals surface area contributed by atoms with Gasteiger partial charge < -0.3 is 19.7 Å². The highest BCUT2D eigenvalue weighted by molar-refractivity contribution is 7.10. The summed E-state index contributed by atoms with van der Waals surface area (Å²) in [6.07, 6.45) is 1.78. The minimum absolute atomic E-state index is 0.0600. The first-order valence-corrected chi connectivity index (χ1v) is 10.2. The number of thiophene rings is 1. The van der Waals surface area contributed by atoms with E-state index in [1.54, 1.807) is 11.3 Å². The highest BCUT2D eigenvalue weighted by Crippen LogP contribution is 2.32. The van der Waals surface area contributed by atoms with Gasteiger partial charge in [-0.15, -0.1) is 11.3 Å². The fraction of sp³-hybridized carbons (Fsp3) is 0.400. The Balaban J connectivity index is 1.22. The number of aliphatic hydroxyl groups excluding tert-OH is 1. The molecule has 0 bridgehead atoms. The van der Waals surface area contributed by atoms with Gasteiger partial charge in [0.2, 0.25) is 0 Å². The van der Waals surface area contributed by atoms with Gasteiger partial charge in [-0.1, -0.05) is 18.2 Å². The number of para-hydroxylation sites is 2. The van der Waals surface area contributed by atoms with Crippen LogP contribution in [-0.4, -0.2) is 40.7 Å². The van der Waals surface area contributed by atoms with Gasteiger partial charge in [0, 0.05) is 30.9 Å². The monoisotopic (exact) mass is 385 g/mol. The maximum absolute atomic E-state index is 12.4. The van der Waals surface area contributed by atoms with Crippen LogP contribution in [0.25, 0.3) is 11.1 Å². The third-order valence-electron chi connectivity index (χ3n) is 5.06. The second-order valence-corrected chi connectivity index (χ2v) is 7.82. The lowest BCUT2D eigenvalue weighted by Gasteiger charge is -2.34. The molecule has 1 saturated heterocycles. The molecule has 1 atom stereocenters. The molecule has 4 rings (SSSR count). The van der Waals surface area contributed by atoms with Crippen molar-refractivity contribution in [3.05, 3.63) is 52.5 Å². The number of hydrogen-bond acceptors (Lipinski definition) is 5. The van der Waals surface area contributed by atoms with Crippen LogP contribution in [0, 0.1) is 5.92 Å². The minimum Gasteiger partial charge on any atom is -0.441 e. The quantitative estimate of drug-likeness (QED) is 0.704. The number of fused-ring (bicyclic) bond motifs is 1. The lowest BCUT2D eigenvalue weighted by atomic mass is 9.90. The van der Waals surface area contributed by atoms with Crippen molar-refractivity contribution in [2.75, 3.05) is 19.6 Å². The number of nitrogens with zero attached hydrogens (tertiary/aromatic N) is 2. The van der Waals surface area contributed by atoms with Crippen molar-refractivity contribution in [3.8, 4) is 0 Å². The maximum Gasteiger partial charge on any atom is 0.317 e. The third kappa shape index (κ3) is 4.14. The van der Waals surface area contributed by atoms with Crippen LogP contribution in [0.5, 0.6) is 0 Å². The molecule has 2 N–H and O–H groups in total. The number of urea groups is 1. The van der Waals surface area contributed by atoms with Crippen LogP contribution in [0.15, 0.2) is 46.2 Å². The predicted molar refractivity (Wildman–Crippen MR) is 105 cm³/mol. The van der Waals surface area contributed by atoms with Gasteiger partial charge in [0.15, 0.2) is 11.5 Å². The highest BCUT2D eigenvalue weighted by Gasteiger charge is 2.28. The van der Waals surface area contributed by atoms with Gasteiger partial charge in [0.25, 0.3) is 0 Å². The summed E-state index contributed by atoms with van der Waals surface area (Å²) in [5, 5.41) is 15.4. The lowest BCUT2D eigenvalue weighted by molar-refractivity contribution is 0.0690. The zero-order valence-electron chi connectivity index (χ0n) is 15.0. The molecule has 3 aromatic rings. The van der Waals surface area contributed by atoms with Crippen molar-refractivity contribution in [1.82, 2.24) is 15.2 Å². The Morgan fingerprint density at radius 2 is 2.11 bits per heavy atom. The Morgan fingerprint density at radius 3 is 2.85 bits per heavy atom. The van der Waals surface area contributed by atoms with Crippen molar-refractivity contribution >= 4 is 28.5 Å². The molecule has 1 aromatic carbocycles. The molecular formula is C20H23N3O3S. The summed E-state index contributed by atoms with van der Waals surface area (Å²) in [6.45, 7) is 1.83. The van der Waals surface area contributed by atoms with Crippen molar-refractivity contribution < 1.29 is 14.3 Å². The molecule has 1 aliphatic heterocycles. The summed E-state index contributed by atoms with van der Waals surface area (Å²) in [5.74, 6) is 0.849. The van der Waals surface area contributed by atoms with Crippen molar-refractivity contribution in [1.29, 1.82) is 0 Å². The average Bonchev–Trinajstić information content (AvgIpc) is 3.37. The van der Waals surface area contributed by atoms with Gasteiger partial charge in [0.05, 0.1) is 6.10 Å². The molecular weight excluding hydrogens is 362 g/mol. The summed E-state index contributed by atoms with van der Waals surface area (Å²) >= 11 is 1.58. The number of aromatic nitrogens is 1. The number of rotatable bonds is 5. The number of hydrogen-bond donors (Lipinski definition) is 2. The number of piperidine rings is 1. The number of carbonyl (C=O) groups excluding carboxylic acids is 1. The molecule has 2 aromatic heterocycles. The van der Waals surface area contributed by atoms with E-state index in [0.29, 0.717) is 31.9 Å². The first kappa shape index (κ1) is 18.0. The fourth-order valence-electron chi connectivity index (χ4n) is 3.53. The lowest BCUT2D eigenvalue weighted by Crippen LogP contribution is -2.45. The molecule has 0 saturated carbocycles. The summed E-state index contributed by atoms with van der Waals surface area (Å²) in [5.41, 5.74) is 1.61. The molecule has 2 amide bonds. The zero-order valence-corrected chi connectivity index (χ0v) is 15.8. The summed E-state index contributed by atoms with van der Waals surface area (Å²) in [6, 6.07) is 11.5. The molecule has 27 heavy (non-hydrogen) atoms. The van der Waals surface area contributed by atoms with E-state index >= 15 is 0 Å². The number of carbonyl (C=O) groups is 1. The van der Waals surface area contributed by atoms with Crippen LogP contribution in [0.1, 0.15) is 29.7 Å². The molecule has 0 unspecified atom stereocenters. The highest BCUT2D eigenvalue weighted by atomic mass is 32.1. The first-order valence-electron chi connectivity index (χ1n) is 9.29. The van der Waals surface area contributed by atoms with Gasteiger partial charge in [-0.25, -0.2) is 9.78 Å². The van der Waals surface area contributed by atoms with Gasteiger partial charge in [0.1, 0.15) is 5.52 Å². The summed E-state index contributed by atoms with van der Waals surface area (Å²) in [4.78, 5) is 19.6.